The lowest BCUT2D eigenvalue weighted by Crippen LogP contribution is -2.45. The summed E-state index contributed by atoms with van der Waals surface area (Å²) in [7, 11) is 0. The zero-order valence-electron chi connectivity index (χ0n) is 23.8. The summed E-state index contributed by atoms with van der Waals surface area (Å²) < 4.78 is 18.0. The molecule has 1 aliphatic carbocycles. The van der Waals surface area contributed by atoms with Gasteiger partial charge in [-0.3, -0.25) is 19.2 Å². The average molecular weight is 621 g/mol. The minimum atomic E-state index is -0.552. The lowest BCUT2D eigenvalue weighted by Gasteiger charge is -2.21. The molecule has 4 heterocycles. The largest absolute Gasteiger partial charge is 0.493 e. The number of nitrogens with one attached hydrogen (secondary N) is 3. The fourth-order valence-electron chi connectivity index (χ4n) is 4.90. The van der Waals surface area contributed by atoms with Gasteiger partial charge in [-0.15, -0.1) is 10.2 Å². The number of benzene rings is 2. The van der Waals surface area contributed by atoms with Gasteiger partial charge in [0.2, 0.25) is 16.9 Å². The predicted octanol–water partition coefficient (Wildman–Crippen LogP) is 2.14. The van der Waals surface area contributed by atoms with E-state index in [2.05, 4.69) is 26.1 Å². The number of likely N-dealkylation sites (tertiary alicyclic amines) is 1. The van der Waals surface area contributed by atoms with Crippen molar-refractivity contribution >= 4 is 40.1 Å². The number of anilines is 1. The third-order valence-electron chi connectivity index (χ3n) is 7.50. The summed E-state index contributed by atoms with van der Waals surface area (Å²) >= 11 is 1.19. The number of hydrogen-bond acceptors (Lipinski definition) is 10. The van der Waals surface area contributed by atoms with Gasteiger partial charge in [-0.1, -0.05) is 23.5 Å². The molecule has 1 aromatic heterocycles. The van der Waals surface area contributed by atoms with Gasteiger partial charge in [0.1, 0.15) is 28.9 Å². The molecule has 3 aliphatic heterocycles. The molecular formula is C30H32N6O7S. The van der Waals surface area contributed by atoms with Crippen molar-refractivity contribution < 1.29 is 33.4 Å². The zero-order chi connectivity index (χ0) is 30.5. The molecule has 0 spiro atoms. The van der Waals surface area contributed by atoms with Crippen LogP contribution in [0.1, 0.15) is 41.6 Å². The summed E-state index contributed by atoms with van der Waals surface area (Å²) in [5, 5.41) is 16.3. The highest BCUT2D eigenvalue weighted by atomic mass is 32.1. The maximum absolute atomic E-state index is 13.6. The van der Waals surface area contributed by atoms with E-state index in [9.17, 15) is 19.2 Å². The number of amides is 4. The molecule has 3 N–H and O–H groups in total. The minimum Gasteiger partial charge on any atom is -0.493 e. The monoisotopic (exact) mass is 620 g/mol. The number of carbonyl (C=O) groups is 4. The Balaban J connectivity index is 1.19. The summed E-state index contributed by atoms with van der Waals surface area (Å²) in [5.74, 6) is 0.580. The van der Waals surface area contributed by atoms with E-state index in [-0.39, 0.29) is 50.3 Å². The fraction of sp³-hybridized carbons (Fsp3) is 0.400. The van der Waals surface area contributed by atoms with E-state index in [4.69, 9.17) is 14.2 Å². The predicted molar refractivity (Wildman–Crippen MR) is 158 cm³/mol. The highest BCUT2D eigenvalue weighted by Crippen LogP contribution is 2.31. The van der Waals surface area contributed by atoms with Gasteiger partial charge in [0.25, 0.3) is 11.8 Å². The maximum Gasteiger partial charge on any atom is 0.258 e. The van der Waals surface area contributed by atoms with E-state index in [0.717, 1.165) is 18.4 Å². The van der Waals surface area contributed by atoms with E-state index in [0.29, 0.717) is 47.0 Å². The van der Waals surface area contributed by atoms with Crippen molar-refractivity contribution in [1.29, 1.82) is 0 Å². The van der Waals surface area contributed by atoms with Crippen LogP contribution in [-0.2, 0) is 20.9 Å². The first-order valence-corrected chi connectivity index (χ1v) is 15.3. The maximum atomic E-state index is 13.6. The van der Waals surface area contributed by atoms with Crippen LogP contribution in [0.25, 0.3) is 0 Å². The van der Waals surface area contributed by atoms with Crippen molar-refractivity contribution in [2.75, 3.05) is 31.6 Å². The van der Waals surface area contributed by atoms with Crippen LogP contribution in [0.2, 0.25) is 0 Å². The number of nitrogens with zero attached hydrogens (tertiary/aromatic N) is 3. The minimum absolute atomic E-state index is 0.0144. The highest BCUT2D eigenvalue weighted by Gasteiger charge is 2.38. The molecule has 7 rings (SSSR count). The molecule has 4 bridgehead atoms. The zero-order valence-corrected chi connectivity index (χ0v) is 24.6. The second-order valence-electron chi connectivity index (χ2n) is 11.0. The number of fused-ring (bicyclic) bond motifs is 7. The van der Waals surface area contributed by atoms with E-state index in [1.165, 1.54) is 16.8 Å². The standard InChI is InChI=1S/C30H32N6O7S/c37-26(34-30-35-32-17-44-30)7-8-28(39)36-13-24-25(14-36)43-21-5-3-18(4-6-21)12-31-27(38)16-42-23-10-20(29(40)33-24)9-22(11-23)41-15-19-1-2-19/h3-6,9-11,17,19,24-25H,1-2,7-8,12-16H2,(H,31,38)(H,33,40)(H,34,35,37)/t24-,25-/m0/s1. The third kappa shape index (κ3) is 7.81. The van der Waals surface area contributed by atoms with Crippen molar-refractivity contribution in [3.05, 3.63) is 59.1 Å². The van der Waals surface area contributed by atoms with Crippen molar-refractivity contribution in [1.82, 2.24) is 25.7 Å². The first-order chi connectivity index (χ1) is 21.4. The van der Waals surface area contributed by atoms with Crippen LogP contribution in [0.5, 0.6) is 17.2 Å². The molecule has 230 valence electrons. The first kappa shape index (κ1) is 29.4. The molecule has 2 atom stereocenters. The Hall–Kier alpha value is -4.72. The van der Waals surface area contributed by atoms with E-state index in [1.807, 2.05) is 12.1 Å². The van der Waals surface area contributed by atoms with Gasteiger partial charge in [0.05, 0.1) is 19.2 Å². The molecular weight excluding hydrogens is 588 g/mol. The smallest absolute Gasteiger partial charge is 0.258 e. The molecule has 14 heteroatoms. The Bertz CT molecular complexity index is 1510. The lowest BCUT2D eigenvalue weighted by molar-refractivity contribution is -0.132. The Kier molecular flexibility index (Phi) is 8.86. The van der Waals surface area contributed by atoms with Crippen LogP contribution >= 0.6 is 11.3 Å². The van der Waals surface area contributed by atoms with Gasteiger partial charge in [-0.05, 0) is 48.6 Å². The molecule has 44 heavy (non-hydrogen) atoms. The van der Waals surface area contributed by atoms with E-state index < -0.39 is 18.1 Å². The van der Waals surface area contributed by atoms with Gasteiger partial charge in [0.15, 0.2) is 6.61 Å². The molecule has 1 saturated carbocycles. The van der Waals surface area contributed by atoms with Gasteiger partial charge < -0.3 is 35.1 Å². The summed E-state index contributed by atoms with van der Waals surface area (Å²) in [4.78, 5) is 53.1. The van der Waals surface area contributed by atoms with Crippen LogP contribution in [-0.4, -0.2) is 77.2 Å². The molecule has 1 saturated heterocycles. The summed E-state index contributed by atoms with van der Waals surface area (Å²) in [6.45, 7) is 1.04. The highest BCUT2D eigenvalue weighted by molar-refractivity contribution is 7.13. The Labute approximate surface area is 257 Å². The molecule has 0 unspecified atom stereocenters. The number of rotatable bonds is 7. The third-order valence-corrected chi connectivity index (χ3v) is 8.11. The molecule has 4 amide bonds. The topological polar surface area (TPSA) is 161 Å². The SMILES string of the molecule is O=C1COc2cc(OCC3CC3)cc(c2)C(=O)N[C@H]2CN(C(=O)CCC(=O)Nc3nncs3)C[C@@H]2Oc2ccc(cc2)CN1. The van der Waals surface area contributed by atoms with Crippen LogP contribution in [0.3, 0.4) is 0 Å². The number of ether oxygens (including phenoxy) is 3. The van der Waals surface area contributed by atoms with Gasteiger partial charge in [-0.25, -0.2) is 0 Å². The molecule has 0 radical (unpaired) electrons. The van der Waals surface area contributed by atoms with E-state index >= 15 is 0 Å². The number of hydrogen-bond donors (Lipinski definition) is 3. The van der Waals surface area contributed by atoms with Crippen molar-refractivity contribution in [2.45, 2.75) is 44.4 Å². The summed E-state index contributed by atoms with van der Waals surface area (Å²) in [6, 6.07) is 11.6. The average Bonchev–Trinajstić information content (AvgIpc) is 3.57. The Morgan fingerprint density at radius 1 is 1.07 bits per heavy atom. The molecule has 13 nitrogen and oxygen atoms in total. The van der Waals surface area contributed by atoms with Gasteiger partial charge in [-0.2, -0.15) is 0 Å². The van der Waals surface area contributed by atoms with Crippen LogP contribution in [0.4, 0.5) is 5.13 Å². The summed E-state index contributed by atoms with van der Waals surface area (Å²) in [5.41, 5.74) is 2.66. The van der Waals surface area contributed by atoms with Crippen LogP contribution < -0.4 is 30.2 Å². The second kappa shape index (κ2) is 13.3. The number of carbonyl (C=O) groups excluding carboxylic acids is 4. The van der Waals surface area contributed by atoms with E-state index in [1.54, 1.807) is 35.2 Å². The fourth-order valence-corrected chi connectivity index (χ4v) is 5.37. The second-order valence-corrected chi connectivity index (χ2v) is 11.8. The first-order valence-electron chi connectivity index (χ1n) is 14.5. The normalized spacial score (nSPS) is 20.0. The molecule has 3 aromatic rings. The van der Waals surface area contributed by atoms with Crippen LogP contribution in [0, 0.1) is 5.92 Å². The van der Waals surface area contributed by atoms with Crippen molar-refractivity contribution in [2.24, 2.45) is 5.92 Å². The summed E-state index contributed by atoms with van der Waals surface area (Å²) in [6.07, 6.45) is 1.63. The number of aromatic nitrogens is 2. The molecule has 4 aliphatic rings. The molecule has 2 aromatic carbocycles. The van der Waals surface area contributed by atoms with Crippen molar-refractivity contribution in [3.8, 4) is 17.2 Å². The van der Waals surface area contributed by atoms with Gasteiger partial charge in [0, 0.05) is 37.6 Å². The van der Waals surface area contributed by atoms with Gasteiger partial charge >= 0.3 is 0 Å². The lowest BCUT2D eigenvalue weighted by atomic mass is 10.1. The quantitative estimate of drug-likeness (QED) is 0.360. The van der Waals surface area contributed by atoms with Crippen LogP contribution in [0.15, 0.2) is 48.0 Å². The molecule has 2 fully saturated rings. The van der Waals surface area contributed by atoms with Crippen molar-refractivity contribution in [3.63, 3.8) is 0 Å². The Morgan fingerprint density at radius 2 is 1.91 bits per heavy atom. The Morgan fingerprint density at radius 3 is 2.68 bits per heavy atom.